The molecule has 2 unspecified atom stereocenters. The highest BCUT2D eigenvalue weighted by Crippen LogP contribution is 2.12. The molecule has 3 nitrogen and oxygen atoms in total. The number of rotatable bonds is 6. The molecule has 0 bridgehead atoms. The lowest BCUT2D eigenvalue weighted by Crippen LogP contribution is -2.48. The van der Waals surface area contributed by atoms with E-state index < -0.39 is 0 Å². The first-order valence-electron chi connectivity index (χ1n) is 6.36. The van der Waals surface area contributed by atoms with Gasteiger partial charge < -0.3 is 10.1 Å². The van der Waals surface area contributed by atoms with Crippen LogP contribution in [0.4, 0.5) is 0 Å². The molecule has 0 spiro atoms. The van der Waals surface area contributed by atoms with Crippen LogP contribution in [0.5, 0.6) is 0 Å². The maximum absolute atomic E-state index is 5.61. The minimum atomic E-state index is 0.354. The van der Waals surface area contributed by atoms with Gasteiger partial charge in [0, 0.05) is 25.7 Å². The van der Waals surface area contributed by atoms with Crippen molar-refractivity contribution in [3.8, 4) is 0 Å². The van der Waals surface area contributed by atoms with Crippen LogP contribution in [0.1, 0.15) is 27.2 Å². The van der Waals surface area contributed by atoms with Crippen LogP contribution in [0.15, 0.2) is 12.2 Å². The summed E-state index contributed by atoms with van der Waals surface area (Å²) in [5, 5.41) is 3.39. The molecule has 1 saturated heterocycles. The normalized spacial score (nSPS) is 26.9. The van der Waals surface area contributed by atoms with Gasteiger partial charge in [-0.05, 0) is 32.4 Å². The summed E-state index contributed by atoms with van der Waals surface area (Å²) in [7, 11) is 0. The first-order valence-corrected chi connectivity index (χ1v) is 6.36. The topological polar surface area (TPSA) is 24.5 Å². The van der Waals surface area contributed by atoms with E-state index in [2.05, 4.69) is 37.6 Å². The van der Waals surface area contributed by atoms with Crippen molar-refractivity contribution in [2.75, 3.05) is 32.8 Å². The van der Waals surface area contributed by atoms with Crippen molar-refractivity contribution in [3.63, 3.8) is 0 Å². The number of hydrogen-bond acceptors (Lipinski definition) is 3. The molecule has 1 aliphatic rings. The van der Waals surface area contributed by atoms with Gasteiger partial charge in [-0.3, -0.25) is 4.90 Å². The van der Waals surface area contributed by atoms with Crippen molar-refractivity contribution < 1.29 is 4.74 Å². The average Bonchev–Trinajstić information content (AvgIpc) is 2.24. The lowest BCUT2D eigenvalue weighted by atomic mass is 10.1. The molecule has 94 valence electrons. The fourth-order valence-electron chi connectivity index (χ4n) is 1.98. The van der Waals surface area contributed by atoms with Gasteiger partial charge in [0.05, 0.1) is 12.7 Å². The minimum absolute atomic E-state index is 0.354. The number of ether oxygens (including phenoxy) is 1. The predicted octanol–water partition coefficient (Wildman–Crippen LogP) is 1.65. The Balaban J connectivity index is 2.25. The summed E-state index contributed by atoms with van der Waals surface area (Å²) in [5.74, 6) is 0. The molecule has 16 heavy (non-hydrogen) atoms. The highest BCUT2D eigenvalue weighted by atomic mass is 16.5. The minimum Gasteiger partial charge on any atom is -0.376 e. The number of nitrogens with zero attached hydrogens (tertiary/aromatic N) is 1. The molecule has 0 aromatic heterocycles. The van der Waals surface area contributed by atoms with Gasteiger partial charge in [0.15, 0.2) is 0 Å². The van der Waals surface area contributed by atoms with E-state index in [1.54, 1.807) is 0 Å². The quantitative estimate of drug-likeness (QED) is 0.550. The molecule has 1 aliphatic heterocycles. The van der Waals surface area contributed by atoms with Crippen molar-refractivity contribution in [2.24, 2.45) is 0 Å². The molecule has 0 amide bonds. The molecule has 3 heteroatoms. The van der Waals surface area contributed by atoms with Gasteiger partial charge in [-0.2, -0.15) is 0 Å². The second-order valence-electron chi connectivity index (χ2n) is 4.85. The number of morpholine rings is 1. The van der Waals surface area contributed by atoms with Crippen LogP contribution in [0.25, 0.3) is 0 Å². The van der Waals surface area contributed by atoms with Crippen molar-refractivity contribution in [1.82, 2.24) is 10.2 Å². The highest BCUT2D eigenvalue weighted by molar-refractivity contribution is 5.01. The fraction of sp³-hybridized carbons (Fsp3) is 0.846. The molecule has 0 saturated carbocycles. The van der Waals surface area contributed by atoms with Gasteiger partial charge in [-0.1, -0.05) is 13.5 Å². The molecule has 2 atom stereocenters. The Labute approximate surface area is 99.8 Å². The Morgan fingerprint density at radius 3 is 2.94 bits per heavy atom. The maximum Gasteiger partial charge on any atom is 0.0674 e. The Morgan fingerprint density at radius 2 is 2.25 bits per heavy atom. The monoisotopic (exact) mass is 226 g/mol. The van der Waals surface area contributed by atoms with Gasteiger partial charge in [0.1, 0.15) is 0 Å². The molecule has 1 heterocycles. The smallest absolute Gasteiger partial charge is 0.0674 e. The van der Waals surface area contributed by atoms with Crippen LogP contribution in [-0.4, -0.2) is 49.8 Å². The largest absolute Gasteiger partial charge is 0.376 e. The van der Waals surface area contributed by atoms with E-state index in [-0.39, 0.29) is 0 Å². The van der Waals surface area contributed by atoms with E-state index in [0.29, 0.717) is 12.1 Å². The molecule has 0 aromatic rings. The second-order valence-corrected chi connectivity index (χ2v) is 4.85. The molecule has 0 aliphatic carbocycles. The Bertz CT molecular complexity index is 218. The summed E-state index contributed by atoms with van der Waals surface area (Å²) in [6, 6.07) is 0.513. The van der Waals surface area contributed by atoms with Gasteiger partial charge >= 0.3 is 0 Å². The zero-order valence-electron chi connectivity index (χ0n) is 11.0. The van der Waals surface area contributed by atoms with Crippen LogP contribution in [0.3, 0.4) is 0 Å². The third-order valence-corrected chi connectivity index (χ3v) is 2.97. The van der Waals surface area contributed by atoms with Gasteiger partial charge in [0.2, 0.25) is 0 Å². The van der Waals surface area contributed by atoms with Gasteiger partial charge in [-0.15, -0.1) is 0 Å². The Kier molecular flexibility index (Phi) is 6.03. The molecule has 1 rings (SSSR count). The van der Waals surface area contributed by atoms with Crippen LogP contribution in [0, 0.1) is 0 Å². The summed E-state index contributed by atoms with van der Waals surface area (Å²) < 4.78 is 5.61. The lowest BCUT2D eigenvalue weighted by Gasteiger charge is -2.37. The van der Waals surface area contributed by atoms with E-state index in [0.717, 1.165) is 32.8 Å². The molecular weight excluding hydrogens is 200 g/mol. The summed E-state index contributed by atoms with van der Waals surface area (Å²) in [6.07, 6.45) is 1.53. The third-order valence-electron chi connectivity index (χ3n) is 2.97. The van der Waals surface area contributed by atoms with Crippen LogP contribution in [-0.2, 0) is 4.74 Å². The van der Waals surface area contributed by atoms with Gasteiger partial charge in [-0.25, -0.2) is 0 Å². The first-order chi connectivity index (χ1) is 7.63. The lowest BCUT2D eigenvalue weighted by molar-refractivity contribution is -0.0457. The molecular formula is C13H26N2O. The molecule has 0 radical (unpaired) electrons. The van der Waals surface area contributed by atoms with E-state index >= 15 is 0 Å². The summed E-state index contributed by atoms with van der Waals surface area (Å²) >= 11 is 0. The van der Waals surface area contributed by atoms with E-state index in [1.165, 1.54) is 12.0 Å². The summed E-state index contributed by atoms with van der Waals surface area (Å²) in [6.45, 7) is 15.5. The van der Waals surface area contributed by atoms with E-state index in [4.69, 9.17) is 4.74 Å². The fourth-order valence-corrected chi connectivity index (χ4v) is 1.98. The summed E-state index contributed by atoms with van der Waals surface area (Å²) in [4.78, 5) is 2.46. The maximum atomic E-state index is 5.61. The summed E-state index contributed by atoms with van der Waals surface area (Å²) in [5.41, 5.74) is 1.27. The van der Waals surface area contributed by atoms with Crippen LogP contribution < -0.4 is 5.32 Å². The van der Waals surface area contributed by atoms with Crippen molar-refractivity contribution in [1.29, 1.82) is 0 Å². The zero-order chi connectivity index (χ0) is 12.0. The Morgan fingerprint density at radius 1 is 1.50 bits per heavy atom. The zero-order valence-corrected chi connectivity index (χ0v) is 11.0. The van der Waals surface area contributed by atoms with Crippen molar-refractivity contribution in [2.45, 2.75) is 39.3 Å². The first kappa shape index (κ1) is 13.7. The molecule has 1 N–H and O–H groups in total. The standard InChI is InChI=1S/C13H26N2O/c1-5-6-14-7-11(2)8-15-9-13(4)16-10-12(15)3/h12-14H,2,5-10H2,1,3-4H3. The highest BCUT2D eigenvalue weighted by Gasteiger charge is 2.23. The number of nitrogens with one attached hydrogen (secondary N) is 1. The average molecular weight is 226 g/mol. The second kappa shape index (κ2) is 7.05. The molecule has 0 aromatic carbocycles. The van der Waals surface area contributed by atoms with Crippen LogP contribution in [0.2, 0.25) is 0 Å². The van der Waals surface area contributed by atoms with E-state index in [1.807, 2.05) is 0 Å². The Hall–Kier alpha value is -0.380. The molecule has 1 fully saturated rings. The predicted molar refractivity (Wildman–Crippen MR) is 68.7 cm³/mol. The van der Waals surface area contributed by atoms with Crippen LogP contribution >= 0.6 is 0 Å². The van der Waals surface area contributed by atoms with Gasteiger partial charge in [0.25, 0.3) is 0 Å². The SMILES string of the molecule is C=C(CNCCC)CN1CC(C)OCC1C. The number of hydrogen-bond donors (Lipinski definition) is 1. The third kappa shape index (κ3) is 4.64. The van der Waals surface area contributed by atoms with Crippen molar-refractivity contribution in [3.05, 3.63) is 12.2 Å². The van der Waals surface area contributed by atoms with E-state index in [9.17, 15) is 0 Å². The van der Waals surface area contributed by atoms with Crippen molar-refractivity contribution >= 4 is 0 Å².